The molecule has 100 valence electrons. The van der Waals surface area contributed by atoms with Gasteiger partial charge in [-0.05, 0) is 42.2 Å². The van der Waals surface area contributed by atoms with Gasteiger partial charge in [0.1, 0.15) is 17.3 Å². The zero-order chi connectivity index (χ0) is 13.2. The predicted molar refractivity (Wildman–Crippen MR) is 73.9 cm³/mol. The number of phenolic OH excluding ortho intramolecular Hbond substituents is 1. The largest absolute Gasteiger partial charge is 0.508 e. The van der Waals surface area contributed by atoms with Crippen LogP contribution in [0.2, 0.25) is 0 Å². The summed E-state index contributed by atoms with van der Waals surface area (Å²) in [5, 5.41) is 12.6. The summed E-state index contributed by atoms with van der Waals surface area (Å²) in [5.41, 5.74) is 1.15. The van der Waals surface area contributed by atoms with Crippen molar-refractivity contribution < 1.29 is 9.52 Å². The van der Waals surface area contributed by atoms with E-state index in [1.54, 1.807) is 12.1 Å². The summed E-state index contributed by atoms with van der Waals surface area (Å²) in [6, 6.07) is 11.4. The molecule has 0 aliphatic heterocycles. The third-order valence-corrected chi connectivity index (χ3v) is 3.72. The van der Waals surface area contributed by atoms with E-state index in [4.69, 9.17) is 4.42 Å². The summed E-state index contributed by atoms with van der Waals surface area (Å²) < 4.78 is 5.83. The first-order chi connectivity index (χ1) is 9.22. The molecule has 0 amide bonds. The molecule has 0 bridgehead atoms. The molecule has 0 saturated heterocycles. The molecule has 1 aliphatic rings. The van der Waals surface area contributed by atoms with Crippen LogP contribution >= 0.6 is 0 Å². The number of benzene rings is 1. The lowest BCUT2D eigenvalue weighted by atomic mass is 10.2. The van der Waals surface area contributed by atoms with Crippen LogP contribution in [0.25, 0.3) is 0 Å². The maximum absolute atomic E-state index is 9.21. The van der Waals surface area contributed by atoms with Crippen LogP contribution in [-0.4, -0.2) is 5.11 Å². The summed E-state index contributed by atoms with van der Waals surface area (Å²) in [7, 11) is 0. The van der Waals surface area contributed by atoms with Crippen LogP contribution in [0.15, 0.2) is 40.8 Å². The van der Waals surface area contributed by atoms with Crippen LogP contribution in [0.4, 0.5) is 0 Å². The van der Waals surface area contributed by atoms with Gasteiger partial charge in [-0.3, -0.25) is 0 Å². The molecule has 3 rings (SSSR count). The maximum Gasteiger partial charge on any atom is 0.117 e. The first-order valence-corrected chi connectivity index (χ1v) is 6.79. The Kier molecular flexibility index (Phi) is 3.30. The van der Waals surface area contributed by atoms with E-state index in [9.17, 15) is 5.11 Å². The first kappa shape index (κ1) is 12.3. The monoisotopic (exact) mass is 257 g/mol. The molecule has 2 aromatic rings. The molecule has 3 nitrogen and oxygen atoms in total. The summed E-state index contributed by atoms with van der Waals surface area (Å²) >= 11 is 0. The molecule has 1 saturated carbocycles. The zero-order valence-corrected chi connectivity index (χ0v) is 11.1. The van der Waals surface area contributed by atoms with Crippen LogP contribution in [0.3, 0.4) is 0 Å². The average Bonchev–Trinajstić information content (AvgIpc) is 2.96. The van der Waals surface area contributed by atoms with Crippen molar-refractivity contribution in [3.8, 4) is 5.75 Å². The highest BCUT2D eigenvalue weighted by Gasteiger charge is 2.36. The second-order valence-corrected chi connectivity index (χ2v) is 5.39. The molecule has 2 atom stereocenters. The van der Waals surface area contributed by atoms with Gasteiger partial charge >= 0.3 is 0 Å². The van der Waals surface area contributed by atoms with Crippen molar-refractivity contribution in [1.29, 1.82) is 0 Å². The average molecular weight is 257 g/mol. The first-order valence-electron chi connectivity index (χ1n) is 6.79. The van der Waals surface area contributed by atoms with Gasteiger partial charge in [0, 0.05) is 12.5 Å². The van der Waals surface area contributed by atoms with Crippen LogP contribution < -0.4 is 5.32 Å². The van der Waals surface area contributed by atoms with E-state index in [2.05, 4.69) is 24.4 Å². The molecule has 1 fully saturated rings. The molecule has 1 aliphatic carbocycles. The lowest BCUT2D eigenvalue weighted by molar-refractivity contribution is 0.444. The maximum atomic E-state index is 9.21. The van der Waals surface area contributed by atoms with Crippen LogP contribution in [0.1, 0.15) is 36.3 Å². The second kappa shape index (κ2) is 5.10. The Hall–Kier alpha value is -1.74. The Morgan fingerprint density at radius 1 is 1.16 bits per heavy atom. The normalized spacial score (nSPS) is 21.5. The third kappa shape index (κ3) is 2.99. The summed E-state index contributed by atoms with van der Waals surface area (Å²) in [5.74, 6) is 3.86. The summed E-state index contributed by atoms with van der Waals surface area (Å²) in [4.78, 5) is 0. The Bertz CT molecular complexity index is 544. The molecule has 1 aromatic carbocycles. The molecule has 0 spiro atoms. The van der Waals surface area contributed by atoms with Gasteiger partial charge in [-0.1, -0.05) is 19.1 Å². The zero-order valence-electron chi connectivity index (χ0n) is 11.1. The second-order valence-electron chi connectivity index (χ2n) is 5.39. The van der Waals surface area contributed by atoms with Crippen molar-refractivity contribution in [2.75, 3.05) is 0 Å². The van der Waals surface area contributed by atoms with Gasteiger partial charge in [-0.15, -0.1) is 0 Å². The molecule has 3 heteroatoms. The van der Waals surface area contributed by atoms with Crippen molar-refractivity contribution in [2.45, 2.75) is 32.4 Å². The third-order valence-electron chi connectivity index (χ3n) is 3.72. The Balaban J connectivity index is 1.49. The molecule has 19 heavy (non-hydrogen) atoms. The van der Waals surface area contributed by atoms with E-state index in [0.717, 1.165) is 36.1 Å². The van der Waals surface area contributed by atoms with E-state index in [1.807, 2.05) is 12.1 Å². The van der Waals surface area contributed by atoms with Gasteiger partial charge in [0.25, 0.3) is 0 Å². The van der Waals surface area contributed by atoms with Crippen molar-refractivity contribution in [1.82, 2.24) is 5.32 Å². The fraction of sp³-hybridized carbons (Fsp3) is 0.375. The smallest absolute Gasteiger partial charge is 0.117 e. The number of hydrogen-bond donors (Lipinski definition) is 2. The molecule has 2 unspecified atom stereocenters. The molecule has 1 aromatic heterocycles. The SMILES string of the molecule is CC1CC1c1ccc(CNCc2ccc(O)cc2)o1. The quantitative estimate of drug-likeness (QED) is 0.863. The topological polar surface area (TPSA) is 45.4 Å². The summed E-state index contributed by atoms with van der Waals surface area (Å²) in [6.45, 7) is 3.77. The van der Waals surface area contributed by atoms with E-state index >= 15 is 0 Å². The van der Waals surface area contributed by atoms with Crippen LogP contribution in [0.5, 0.6) is 5.75 Å². The van der Waals surface area contributed by atoms with Crippen molar-refractivity contribution in [3.05, 3.63) is 53.5 Å². The minimum atomic E-state index is 0.304. The van der Waals surface area contributed by atoms with Gasteiger partial charge < -0.3 is 14.8 Å². The fourth-order valence-corrected chi connectivity index (χ4v) is 2.35. The van der Waals surface area contributed by atoms with Crippen molar-refractivity contribution in [3.63, 3.8) is 0 Å². The van der Waals surface area contributed by atoms with E-state index in [-0.39, 0.29) is 0 Å². The van der Waals surface area contributed by atoms with Crippen LogP contribution in [0, 0.1) is 5.92 Å². The summed E-state index contributed by atoms with van der Waals surface area (Å²) in [6.07, 6.45) is 1.26. The Morgan fingerprint density at radius 2 is 1.89 bits per heavy atom. The van der Waals surface area contributed by atoms with E-state index in [0.29, 0.717) is 11.7 Å². The standard InChI is InChI=1S/C16H19NO2/c1-11-8-15(11)16-7-6-14(19-16)10-17-9-12-2-4-13(18)5-3-12/h2-7,11,15,17-18H,8-10H2,1H3. The lowest BCUT2D eigenvalue weighted by Crippen LogP contribution is -2.11. The van der Waals surface area contributed by atoms with Gasteiger partial charge in [0.15, 0.2) is 0 Å². The highest BCUT2D eigenvalue weighted by Crippen LogP contribution is 2.47. The van der Waals surface area contributed by atoms with Gasteiger partial charge in [0.2, 0.25) is 0 Å². The van der Waals surface area contributed by atoms with Gasteiger partial charge in [0.05, 0.1) is 6.54 Å². The Labute approximate surface area is 113 Å². The van der Waals surface area contributed by atoms with Gasteiger partial charge in [-0.2, -0.15) is 0 Å². The lowest BCUT2D eigenvalue weighted by Gasteiger charge is -2.03. The van der Waals surface area contributed by atoms with E-state index in [1.165, 1.54) is 6.42 Å². The molecule has 0 radical (unpaired) electrons. The Morgan fingerprint density at radius 3 is 2.58 bits per heavy atom. The highest BCUT2D eigenvalue weighted by molar-refractivity contribution is 5.25. The van der Waals surface area contributed by atoms with Crippen molar-refractivity contribution >= 4 is 0 Å². The number of furan rings is 1. The molecular weight excluding hydrogens is 238 g/mol. The fourth-order valence-electron chi connectivity index (χ4n) is 2.35. The number of hydrogen-bond acceptors (Lipinski definition) is 3. The number of phenols is 1. The minimum Gasteiger partial charge on any atom is -0.508 e. The van der Waals surface area contributed by atoms with Crippen LogP contribution in [-0.2, 0) is 13.1 Å². The molecule has 2 N–H and O–H groups in total. The van der Waals surface area contributed by atoms with Gasteiger partial charge in [-0.25, -0.2) is 0 Å². The molecular formula is C16H19NO2. The number of rotatable bonds is 5. The predicted octanol–water partition coefficient (Wildman–Crippen LogP) is 3.40. The number of nitrogens with one attached hydrogen (secondary N) is 1. The molecule has 1 heterocycles. The van der Waals surface area contributed by atoms with E-state index < -0.39 is 0 Å². The minimum absolute atomic E-state index is 0.304. The highest BCUT2D eigenvalue weighted by atomic mass is 16.3. The van der Waals surface area contributed by atoms with Crippen molar-refractivity contribution in [2.24, 2.45) is 5.92 Å². The number of aromatic hydroxyl groups is 1.